The lowest BCUT2D eigenvalue weighted by Gasteiger charge is -2.46. The number of rotatable bonds is 1. The summed E-state index contributed by atoms with van der Waals surface area (Å²) in [4.78, 5) is 27.9. The van der Waals surface area contributed by atoms with Crippen molar-refractivity contribution in [3.05, 3.63) is 35.1 Å². The molecule has 1 aromatic carbocycles. The standard InChI is InChI=1S/C17H18FN3O3/c1-11(22)21-6-7-24-16-4-5-20(10-15(16)21)17(23)12-2-3-14(18)13(8-12)9-19/h2-3,8,15-16H,4-7,10H2,1H3. The number of hydrogen-bond donors (Lipinski definition) is 0. The van der Waals surface area contributed by atoms with Gasteiger partial charge in [-0.2, -0.15) is 5.26 Å². The average molecular weight is 331 g/mol. The molecule has 6 nitrogen and oxygen atoms in total. The molecule has 0 radical (unpaired) electrons. The van der Waals surface area contributed by atoms with E-state index in [-0.39, 0.29) is 35.1 Å². The predicted octanol–water partition coefficient (Wildman–Crippen LogP) is 1.16. The van der Waals surface area contributed by atoms with E-state index in [4.69, 9.17) is 10.00 Å². The fourth-order valence-electron chi connectivity index (χ4n) is 3.37. The number of nitriles is 1. The van der Waals surface area contributed by atoms with Crippen LogP contribution in [0.25, 0.3) is 0 Å². The van der Waals surface area contributed by atoms with Crippen LogP contribution in [0, 0.1) is 17.1 Å². The Morgan fingerprint density at radius 2 is 2.17 bits per heavy atom. The van der Waals surface area contributed by atoms with Crippen molar-refractivity contribution in [2.45, 2.75) is 25.5 Å². The molecule has 2 aliphatic heterocycles. The van der Waals surface area contributed by atoms with E-state index in [9.17, 15) is 14.0 Å². The van der Waals surface area contributed by atoms with E-state index >= 15 is 0 Å². The van der Waals surface area contributed by atoms with Crippen LogP contribution in [0.2, 0.25) is 0 Å². The Morgan fingerprint density at radius 3 is 2.88 bits per heavy atom. The Balaban J connectivity index is 1.79. The molecule has 7 heteroatoms. The van der Waals surface area contributed by atoms with Gasteiger partial charge in [0.2, 0.25) is 5.91 Å². The third-order valence-corrected chi connectivity index (χ3v) is 4.61. The van der Waals surface area contributed by atoms with E-state index in [1.807, 2.05) is 0 Å². The van der Waals surface area contributed by atoms with Gasteiger partial charge >= 0.3 is 0 Å². The lowest BCUT2D eigenvalue weighted by Crippen LogP contribution is -2.61. The number of carbonyl (C=O) groups excluding carboxylic acids is 2. The molecule has 3 rings (SSSR count). The fraction of sp³-hybridized carbons (Fsp3) is 0.471. The first-order valence-corrected chi connectivity index (χ1v) is 7.89. The Hall–Kier alpha value is -2.46. The second-order valence-electron chi connectivity index (χ2n) is 6.04. The van der Waals surface area contributed by atoms with Crippen molar-refractivity contribution < 1.29 is 18.7 Å². The van der Waals surface area contributed by atoms with Gasteiger partial charge in [0.05, 0.1) is 24.3 Å². The topological polar surface area (TPSA) is 73.6 Å². The Kier molecular flexibility index (Phi) is 4.49. The van der Waals surface area contributed by atoms with E-state index < -0.39 is 5.82 Å². The fourth-order valence-corrected chi connectivity index (χ4v) is 3.37. The molecule has 24 heavy (non-hydrogen) atoms. The quantitative estimate of drug-likeness (QED) is 0.774. The van der Waals surface area contributed by atoms with E-state index in [1.165, 1.54) is 19.1 Å². The van der Waals surface area contributed by atoms with Crippen molar-refractivity contribution in [3.63, 3.8) is 0 Å². The summed E-state index contributed by atoms with van der Waals surface area (Å²) in [5, 5.41) is 8.91. The van der Waals surface area contributed by atoms with Crippen LogP contribution in [-0.4, -0.2) is 60.0 Å². The van der Waals surface area contributed by atoms with E-state index in [0.29, 0.717) is 32.7 Å². The number of halogens is 1. The highest BCUT2D eigenvalue weighted by Gasteiger charge is 2.39. The molecule has 126 valence electrons. The highest BCUT2D eigenvalue weighted by Crippen LogP contribution is 2.24. The maximum absolute atomic E-state index is 13.4. The molecule has 2 aliphatic rings. The van der Waals surface area contributed by atoms with Crippen LogP contribution in [0.15, 0.2) is 18.2 Å². The normalized spacial score (nSPS) is 23.4. The largest absolute Gasteiger partial charge is 0.374 e. The molecule has 0 aliphatic carbocycles. The zero-order valence-electron chi connectivity index (χ0n) is 13.4. The van der Waals surface area contributed by atoms with Crippen molar-refractivity contribution in [1.29, 1.82) is 5.26 Å². The summed E-state index contributed by atoms with van der Waals surface area (Å²) in [7, 11) is 0. The summed E-state index contributed by atoms with van der Waals surface area (Å²) < 4.78 is 19.2. The first-order chi connectivity index (χ1) is 11.5. The number of ether oxygens (including phenoxy) is 1. The van der Waals surface area contributed by atoms with Gasteiger partial charge in [-0.15, -0.1) is 0 Å². The molecule has 0 spiro atoms. The molecule has 0 saturated carbocycles. The molecular formula is C17H18FN3O3. The van der Waals surface area contributed by atoms with E-state index in [1.54, 1.807) is 15.9 Å². The molecule has 2 saturated heterocycles. The maximum Gasteiger partial charge on any atom is 0.253 e. The summed E-state index contributed by atoms with van der Waals surface area (Å²) in [5.74, 6) is -0.939. The number of hydrogen-bond acceptors (Lipinski definition) is 4. The summed E-state index contributed by atoms with van der Waals surface area (Å²) in [6, 6.07) is 5.36. The molecule has 0 bridgehead atoms. The van der Waals surface area contributed by atoms with Gasteiger partial charge in [0.1, 0.15) is 11.9 Å². The second-order valence-corrected chi connectivity index (χ2v) is 6.04. The van der Waals surface area contributed by atoms with Crippen molar-refractivity contribution in [2.24, 2.45) is 0 Å². The van der Waals surface area contributed by atoms with Crippen molar-refractivity contribution in [3.8, 4) is 6.07 Å². The molecule has 2 atom stereocenters. The number of nitrogens with zero attached hydrogens (tertiary/aromatic N) is 3. The molecule has 0 N–H and O–H groups in total. The van der Waals surface area contributed by atoms with Crippen LogP contribution >= 0.6 is 0 Å². The molecule has 2 heterocycles. The highest BCUT2D eigenvalue weighted by molar-refractivity contribution is 5.94. The Labute approximate surface area is 139 Å². The number of benzene rings is 1. The maximum atomic E-state index is 13.4. The minimum atomic E-state index is -0.642. The van der Waals surface area contributed by atoms with Gasteiger partial charge in [-0.25, -0.2) is 4.39 Å². The first-order valence-electron chi connectivity index (χ1n) is 7.89. The number of morpholine rings is 1. The van der Waals surface area contributed by atoms with Crippen molar-refractivity contribution >= 4 is 11.8 Å². The zero-order valence-corrected chi connectivity index (χ0v) is 13.4. The average Bonchev–Trinajstić information content (AvgIpc) is 2.60. The summed E-state index contributed by atoms with van der Waals surface area (Å²) in [5.41, 5.74) is 0.125. The number of amides is 2. The van der Waals surface area contributed by atoms with Gasteiger partial charge in [0.25, 0.3) is 5.91 Å². The van der Waals surface area contributed by atoms with Crippen LogP contribution in [-0.2, 0) is 9.53 Å². The van der Waals surface area contributed by atoms with E-state index in [0.717, 1.165) is 6.07 Å². The number of carbonyl (C=O) groups is 2. The van der Waals surface area contributed by atoms with Crippen molar-refractivity contribution in [1.82, 2.24) is 9.80 Å². The monoisotopic (exact) mass is 331 g/mol. The Morgan fingerprint density at radius 1 is 1.38 bits per heavy atom. The molecule has 1 aromatic rings. The van der Waals surface area contributed by atoms with Gasteiger partial charge < -0.3 is 14.5 Å². The van der Waals surface area contributed by atoms with Gasteiger partial charge in [-0.1, -0.05) is 0 Å². The minimum absolute atomic E-state index is 0.0313. The highest BCUT2D eigenvalue weighted by atomic mass is 19.1. The first kappa shape index (κ1) is 16.4. The predicted molar refractivity (Wildman–Crippen MR) is 82.6 cm³/mol. The third kappa shape index (κ3) is 2.97. The van der Waals surface area contributed by atoms with Crippen molar-refractivity contribution in [2.75, 3.05) is 26.2 Å². The van der Waals surface area contributed by atoms with E-state index in [2.05, 4.69) is 0 Å². The van der Waals surface area contributed by atoms with Gasteiger partial charge in [0.15, 0.2) is 0 Å². The third-order valence-electron chi connectivity index (χ3n) is 4.61. The lowest BCUT2D eigenvalue weighted by atomic mass is 9.97. The summed E-state index contributed by atoms with van der Waals surface area (Å²) >= 11 is 0. The lowest BCUT2D eigenvalue weighted by molar-refractivity contribution is -0.149. The summed E-state index contributed by atoms with van der Waals surface area (Å²) in [6.07, 6.45) is 0.585. The minimum Gasteiger partial charge on any atom is -0.374 e. The molecule has 0 aromatic heterocycles. The summed E-state index contributed by atoms with van der Waals surface area (Å²) in [6.45, 7) is 3.43. The molecular weight excluding hydrogens is 313 g/mol. The number of piperidine rings is 1. The van der Waals surface area contributed by atoms with Gasteiger partial charge in [-0.05, 0) is 24.6 Å². The zero-order chi connectivity index (χ0) is 17.3. The van der Waals surface area contributed by atoms with Crippen LogP contribution < -0.4 is 0 Å². The number of likely N-dealkylation sites (tertiary alicyclic amines) is 1. The van der Waals surface area contributed by atoms with Crippen LogP contribution in [0.3, 0.4) is 0 Å². The van der Waals surface area contributed by atoms with Gasteiger partial charge in [-0.3, -0.25) is 9.59 Å². The second kappa shape index (κ2) is 6.57. The van der Waals surface area contributed by atoms with Gasteiger partial charge in [0, 0.05) is 32.1 Å². The molecule has 2 amide bonds. The van der Waals surface area contributed by atoms with Crippen LogP contribution in [0.5, 0.6) is 0 Å². The molecule has 2 unspecified atom stereocenters. The number of fused-ring (bicyclic) bond motifs is 1. The van der Waals surface area contributed by atoms with Crippen LogP contribution in [0.1, 0.15) is 29.3 Å². The van der Waals surface area contributed by atoms with Crippen LogP contribution in [0.4, 0.5) is 4.39 Å². The molecule has 2 fully saturated rings. The Bertz CT molecular complexity index is 716. The smallest absolute Gasteiger partial charge is 0.253 e. The SMILES string of the molecule is CC(=O)N1CCOC2CCN(C(=O)c3ccc(F)c(C#N)c3)CC21.